The van der Waals surface area contributed by atoms with E-state index in [4.69, 9.17) is 10.2 Å². The highest BCUT2D eigenvalue weighted by Crippen LogP contribution is 2.10. The van der Waals surface area contributed by atoms with Gasteiger partial charge in [-0.3, -0.25) is 4.79 Å². The first-order valence-corrected chi connectivity index (χ1v) is 6.14. The minimum Gasteiger partial charge on any atom is -0.477 e. The first-order valence-electron chi connectivity index (χ1n) is 6.14. The van der Waals surface area contributed by atoms with Crippen molar-refractivity contribution in [3.05, 3.63) is 41.6 Å². The minimum absolute atomic E-state index is 0.168. The zero-order valence-electron chi connectivity index (χ0n) is 11.4. The number of aliphatic carboxylic acids is 1. The molecule has 0 saturated carbocycles. The third kappa shape index (κ3) is 4.74. The zero-order chi connectivity index (χ0) is 15.1. The second-order valence-electron chi connectivity index (χ2n) is 4.36. The van der Waals surface area contributed by atoms with E-state index in [2.05, 4.69) is 10.6 Å². The van der Waals surface area contributed by atoms with E-state index in [0.717, 1.165) is 0 Å². The normalized spacial score (nSPS) is 13.2. The van der Waals surface area contributed by atoms with Crippen LogP contribution in [0.5, 0.6) is 0 Å². The van der Waals surface area contributed by atoms with Crippen LogP contribution >= 0.6 is 0 Å². The van der Waals surface area contributed by atoms with Gasteiger partial charge in [-0.15, -0.1) is 0 Å². The number of nitrogens with one attached hydrogen (secondary N) is 2. The summed E-state index contributed by atoms with van der Waals surface area (Å²) in [6.45, 7) is 3.21. The number of carbonyl (C=O) groups is 2. The first kappa shape index (κ1) is 15.7. The summed E-state index contributed by atoms with van der Waals surface area (Å²) >= 11 is 0. The van der Waals surface area contributed by atoms with Crippen LogP contribution in [0.3, 0.4) is 0 Å². The Morgan fingerprint density at radius 3 is 2.35 bits per heavy atom. The van der Waals surface area contributed by atoms with Crippen LogP contribution in [0.25, 0.3) is 0 Å². The van der Waals surface area contributed by atoms with E-state index in [-0.39, 0.29) is 17.8 Å². The van der Waals surface area contributed by atoms with Crippen molar-refractivity contribution >= 4 is 17.6 Å². The molecule has 0 spiro atoms. The first-order chi connectivity index (χ1) is 9.41. The summed E-state index contributed by atoms with van der Waals surface area (Å²) in [5.41, 5.74) is 0.334. The minimum atomic E-state index is -1.32. The highest BCUT2D eigenvalue weighted by Gasteiger charge is 2.21. The zero-order valence-corrected chi connectivity index (χ0v) is 11.4. The van der Waals surface area contributed by atoms with Gasteiger partial charge in [-0.2, -0.15) is 0 Å². The largest absolute Gasteiger partial charge is 0.477 e. The van der Waals surface area contributed by atoms with Crippen LogP contribution in [0, 0.1) is 0 Å². The van der Waals surface area contributed by atoms with Gasteiger partial charge in [0.1, 0.15) is 5.57 Å². The van der Waals surface area contributed by atoms with Crippen molar-refractivity contribution in [3.8, 4) is 0 Å². The fourth-order valence-corrected chi connectivity index (χ4v) is 1.53. The molecule has 0 aliphatic heterocycles. The molecule has 0 aliphatic carbocycles. The molecule has 0 aromatic heterocycles. The summed E-state index contributed by atoms with van der Waals surface area (Å²) in [5, 5.41) is 23.5. The van der Waals surface area contributed by atoms with Gasteiger partial charge < -0.3 is 20.8 Å². The number of carboxylic acids is 1. The maximum absolute atomic E-state index is 12.0. The molecule has 1 aromatic carbocycles. The van der Waals surface area contributed by atoms with E-state index in [1.165, 1.54) is 6.92 Å². The lowest BCUT2D eigenvalue weighted by molar-refractivity contribution is -0.134. The number of aliphatic hydroxyl groups excluding tert-OH is 1. The highest BCUT2D eigenvalue weighted by atomic mass is 16.4. The van der Waals surface area contributed by atoms with Crippen molar-refractivity contribution in [2.75, 3.05) is 11.9 Å². The number of benzene rings is 1. The predicted molar refractivity (Wildman–Crippen MR) is 75.1 cm³/mol. The quantitative estimate of drug-likeness (QED) is 0.353. The van der Waals surface area contributed by atoms with Crippen LogP contribution < -0.4 is 10.6 Å². The number of para-hydroxylation sites is 1. The Labute approximate surface area is 117 Å². The van der Waals surface area contributed by atoms with Crippen molar-refractivity contribution in [2.24, 2.45) is 0 Å². The van der Waals surface area contributed by atoms with Gasteiger partial charge in [0.2, 0.25) is 0 Å². The number of amides is 1. The molecule has 1 rings (SSSR count). The molecule has 1 unspecified atom stereocenters. The number of aliphatic hydroxyl groups is 1. The van der Waals surface area contributed by atoms with Gasteiger partial charge in [-0.05, 0) is 26.0 Å². The van der Waals surface area contributed by atoms with Crippen molar-refractivity contribution < 1.29 is 19.8 Å². The van der Waals surface area contributed by atoms with Gasteiger partial charge in [0.15, 0.2) is 0 Å². The third-order valence-corrected chi connectivity index (χ3v) is 2.51. The lowest BCUT2D eigenvalue weighted by atomic mass is 10.2. The second kappa shape index (κ2) is 7.30. The van der Waals surface area contributed by atoms with Gasteiger partial charge in [0, 0.05) is 17.9 Å². The van der Waals surface area contributed by atoms with E-state index < -0.39 is 18.0 Å². The molecule has 1 aromatic rings. The number of carboxylic acid groups (broad SMARTS) is 1. The smallest absolute Gasteiger partial charge is 0.343 e. The molecule has 6 nitrogen and oxygen atoms in total. The summed E-state index contributed by atoms with van der Waals surface area (Å²) < 4.78 is 0. The van der Waals surface area contributed by atoms with E-state index in [1.807, 2.05) is 0 Å². The molecular formula is C14H18N2O4. The maximum Gasteiger partial charge on any atom is 0.343 e. The molecular weight excluding hydrogens is 260 g/mol. The highest BCUT2D eigenvalue weighted by molar-refractivity contribution is 6.21. The van der Waals surface area contributed by atoms with Crippen molar-refractivity contribution in [1.29, 1.82) is 0 Å². The Morgan fingerprint density at radius 1 is 1.25 bits per heavy atom. The van der Waals surface area contributed by atoms with Crippen LogP contribution in [-0.4, -0.2) is 34.7 Å². The molecule has 0 bridgehead atoms. The molecule has 0 radical (unpaired) electrons. The van der Waals surface area contributed by atoms with Crippen LogP contribution in [-0.2, 0) is 9.59 Å². The molecule has 20 heavy (non-hydrogen) atoms. The molecule has 108 valence electrons. The van der Waals surface area contributed by atoms with E-state index in [9.17, 15) is 9.59 Å². The fourth-order valence-electron chi connectivity index (χ4n) is 1.53. The summed E-state index contributed by atoms with van der Waals surface area (Å²) in [6.07, 6.45) is -0.642. The molecule has 4 N–H and O–H groups in total. The van der Waals surface area contributed by atoms with Gasteiger partial charge >= 0.3 is 5.97 Å². The van der Waals surface area contributed by atoms with Gasteiger partial charge in [0.25, 0.3) is 5.91 Å². The van der Waals surface area contributed by atoms with Crippen LogP contribution in [0.4, 0.5) is 5.69 Å². The fraction of sp³-hybridized carbons (Fsp3) is 0.286. The monoisotopic (exact) mass is 278 g/mol. The number of hydrogen-bond acceptors (Lipinski definition) is 4. The second-order valence-corrected chi connectivity index (χ2v) is 4.36. The summed E-state index contributed by atoms with van der Waals surface area (Å²) in [7, 11) is 0. The number of hydrogen-bond donors (Lipinski definition) is 4. The Morgan fingerprint density at radius 2 is 1.85 bits per heavy atom. The van der Waals surface area contributed by atoms with Crippen LogP contribution in [0.2, 0.25) is 0 Å². The Kier molecular flexibility index (Phi) is 5.74. The van der Waals surface area contributed by atoms with Gasteiger partial charge in [0.05, 0.1) is 6.10 Å². The van der Waals surface area contributed by atoms with E-state index >= 15 is 0 Å². The third-order valence-electron chi connectivity index (χ3n) is 2.51. The molecule has 0 aliphatic rings. The standard InChI is InChI=1S/C14H18N2O4/c1-9(17)8-15-10(2)12(14(19)20)13(18)16-11-6-4-3-5-7-11/h3-7,9,15,17H,8H2,1-2H3,(H,16,18)(H,19,20)/b12-10+. The summed E-state index contributed by atoms with van der Waals surface area (Å²) in [4.78, 5) is 23.2. The SMILES string of the molecule is C/C(NCC(C)O)=C(\C(=O)O)C(=O)Nc1ccccc1. The molecule has 0 heterocycles. The van der Waals surface area contributed by atoms with Crippen molar-refractivity contribution in [2.45, 2.75) is 20.0 Å². The van der Waals surface area contributed by atoms with Crippen LogP contribution in [0.1, 0.15) is 13.8 Å². The lowest BCUT2D eigenvalue weighted by Crippen LogP contribution is -2.29. The molecule has 6 heteroatoms. The van der Waals surface area contributed by atoms with Crippen molar-refractivity contribution in [1.82, 2.24) is 5.32 Å². The number of anilines is 1. The van der Waals surface area contributed by atoms with E-state index in [1.54, 1.807) is 37.3 Å². The van der Waals surface area contributed by atoms with E-state index in [0.29, 0.717) is 5.69 Å². The molecule has 0 fully saturated rings. The molecule has 1 amide bonds. The predicted octanol–water partition coefficient (Wildman–Crippen LogP) is 0.954. The maximum atomic E-state index is 12.0. The van der Waals surface area contributed by atoms with Gasteiger partial charge in [-0.25, -0.2) is 4.79 Å². The lowest BCUT2D eigenvalue weighted by Gasteiger charge is -2.12. The topological polar surface area (TPSA) is 98.7 Å². The number of allylic oxidation sites excluding steroid dienone is 1. The average Bonchev–Trinajstić information content (AvgIpc) is 2.37. The number of carbonyl (C=O) groups excluding carboxylic acids is 1. The molecule has 1 atom stereocenters. The van der Waals surface area contributed by atoms with Crippen LogP contribution in [0.15, 0.2) is 41.6 Å². The Hall–Kier alpha value is -2.34. The molecule has 0 saturated heterocycles. The number of rotatable bonds is 6. The Balaban J connectivity index is 2.87. The average molecular weight is 278 g/mol. The Bertz CT molecular complexity index is 509. The van der Waals surface area contributed by atoms with Crippen molar-refractivity contribution in [3.63, 3.8) is 0 Å². The summed E-state index contributed by atoms with van der Waals surface area (Å²) in [5.74, 6) is -2.03. The summed E-state index contributed by atoms with van der Waals surface area (Å²) in [6, 6.07) is 8.58. The van der Waals surface area contributed by atoms with Gasteiger partial charge in [-0.1, -0.05) is 18.2 Å².